The van der Waals surface area contributed by atoms with Crippen LogP contribution in [0.15, 0.2) is 24.4 Å². The number of nitrogens with one attached hydrogen (secondary N) is 2. The lowest BCUT2D eigenvalue weighted by molar-refractivity contribution is 0.102. The molecule has 2 N–H and O–H groups in total. The van der Waals surface area contributed by atoms with Crippen molar-refractivity contribution in [2.45, 2.75) is 6.92 Å². The van der Waals surface area contributed by atoms with Crippen LogP contribution in [-0.4, -0.2) is 16.1 Å². The lowest BCUT2D eigenvalue weighted by atomic mass is 10.2. The van der Waals surface area contributed by atoms with Crippen LogP contribution in [0.3, 0.4) is 0 Å². The van der Waals surface area contributed by atoms with Gasteiger partial charge < -0.3 is 5.32 Å². The average Bonchev–Trinajstić information content (AvgIpc) is 2.71. The van der Waals surface area contributed by atoms with Crippen LogP contribution in [0.25, 0.3) is 0 Å². The van der Waals surface area contributed by atoms with E-state index in [4.69, 9.17) is 23.2 Å². The van der Waals surface area contributed by atoms with Crippen LogP contribution in [0.4, 0.5) is 5.69 Å². The molecule has 0 atom stereocenters. The van der Waals surface area contributed by atoms with E-state index < -0.39 is 0 Å². The molecule has 0 spiro atoms. The Labute approximate surface area is 108 Å². The molecular formula is C11H9Cl2N3O. The van der Waals surface area contributed by atoms with Crippen LogP contribution in [-0.2, 0) is 0 Å². The quantitative estimate of drug-likeness (QED) is 0.879. The number of benzene rings is 1. The van der Waals surface area contributed by atoms with Gasteiger partial charge in [0.2, 0.25) is 0 Å². The van der Waals surface area contributed by atoms with Gasteiger partial charge in [-0.05, 0) is 24.6 Å². The van der Waals surface area contributed by atoms with Gasteiger partial charge >= 0.3 is 0 Å². The van der Waals surface area contributed by atoms with Gasteiger partial charge in [0.25, 0.3) is 5.91 Å². The first-order valence-corrected chi connectivity index (χ1v) is 5.60. The number of H-pyrrole nitrogens is 1. The van der Waals surface area contributed by atoms with Crippen molar-refractivity contribution < 1.29 is 4.79 Å². The second-order valence-electron chi connectivity index (χ2n) is 3.48. The molecule has 0 bridgehead atoms. The normalized spacial score (nSPS) is 10.3. The van der Waals surface area contributed by atoms with Gasteiger partial charge in [0.15, 0.2) is 0 Å². The second kappa shape index (κ2) is 4.77. The maximum absolute atomic E-state index is 11.9. The van der Waals surface area contributed by atoms with E-state index in [9.17, 15) is 4.79 Å². The Bertz CT molecular complexity index is 566. The molecule has 17 heavy (non-hydrogen) atoms. The Morgan fingerprint density at radius 3 is 2.82 bits per heavy atom. The lowest BCUT2D eigenvalue weighted by Crippen LogP contribution is -2.14. The fraction of sp³-hybridized carbons (Fsp3) is 0.0909. The van der Waals surface area contributed by atoms with Crippen molar-refractivity contribution >= 4 is 34.8 Å². The summed E-state index contributed by atoms with van der Waals surface area (Å²) in [7, 11) is 0. The Hall–Kier alpha value is -1.52. The van der Waals surface area contributed by atoms with Crippen LogP contribution in [0.2, 0.25) is 10.0 Å². The Balaban J connectivity index is 2.25. The predicted molar refractivity (Wildman–Crippen MR) is 67.7 cm³/mol. The van der Waals surface area contributed by atoms with Gasteiger partial charge in [-0.1, -0.05) is 29.3 Å². The van der Waals surface area contributed by atoms with E-state index in [0.29, 0.717) is 21.4 Å². The molecule has 0 aliphatic carbocycles. The minimum Gasteiger partial charge on any atom is -0.319 e. The van der Waals surface area contributed by atoms with E-state index in [1.54, 1.807) is 31.3 Å². The number of hydrogen-bond donors (Lipinski definition) is 2. The highest BCUT2D eigenvalue weighted by Crippen LogP contribution is 2.29. The van der Waals surface area contributed by atoms with Crippen LogP contribution in [0.5, 0.6) is 0 Å². The van der Waals surface area contributed by atoms with Crippen molar-refractivity contribution in [1.29, 1.82) is 0 Å². The van der Waals surface area contributed by atoms with Crippen molar-refractivity contribution in [3.05, 3.63) is 45.7 Å². The molecule has 6 heteroatoms. The number of rotatable bonds is 2. The summed E-state index contributed by atoms with van der Waals surface area (Å²) in [6.45, 7) is 1.79. The molecule has 0 radical (unpaired) electrons. The summed E-state index contributed by atoms with van der Waals surface area (Å²) in [6.07, 6.45) is 1.58. The molecule has 0 fully saturated rings. The third-order valence-corrected chi connectivity index (χ3v) is 3.07. The fourth-order valence-electron chi connectivity index (χ4n) is 1.36. The molecular weight excluding hydrogens is 261 g/mol. The Morgan fingerprint density at radius 2 is 2.18 bits per heavy atom. The summed E-state index contributed by atoms with van der Waals surface area (Å²) < 4.78 is 0. The number of aromatic amines is 1. The molecule has 1 heterocycles. The number of halogens is 2. The molecule has 4 nitrogen and oxygen atoms in total. The molecule has 0 unspecified atom stereocenters. The van der Waals surface area contributed by atoms with Gasteiger partial charge in [0, 0.05) is 0 Å². The number of carbonyl (C=O) groups excluding carboxylic acids is 1. The molecule has 2 rings (SSSR count). The summed E-state index contributed by atoms with van der Waals surface area (Å²) in [5.74, 6) is -0.302. The summed E-state index contributed by atoms with van der Waals surface area (Å²) >= 11 is 11.8. The first-order valence-electron chi connectivity index (χ1n) is 4.85. The smallest absolute Gasteiger partial charge is 0.273 e. The van der Waals surface area contributed by atoms with Gasteiger partial charge in [0.05, 0.1) is 21.9 Å². The number of carbonyl (C=O) groups is 1. The van der Waals surface area contributed by atoms with Crippen LogP contribution >= 0.6 is 23.2 Å². The molecule has 1 aromatic heterocycles. The number of aromatic nitrogens is 2. The fourth-order valence-corrected chi connectivity index (χ4v) is 1.71. The minimum absolute atomic E-state index is 0.302. The van der Waals surface area contributed by atoms with E-state index >= 15 is 0 Å². The molecule has 0 saturated carbocycles. The monoisotopic (exact) mass is 269 g/mol. The largest absolute Gasteiger partial charge is 0.319 e. The zero-order valence-corrected chi connectivity index (χ0v) is 10.4. The molecule has 88 valence electrons. The van der Waals surface area contributed by atoms with Crippen LogP contribution < -0.4 is 5.32 Å². The van der Waals surface area contributed by atoms with Gasteiger partial charge in [-0.25, -0.2) is 0 Å². The Morgan fingerprint density at radius 1 is 1.41 bits per heavy atom. The minimum atomic E-state index is -0.302. The summed E-state index contributed by atoms with van der Waals surface area (Å²) in [4.78, 5) is 11.9. The second-order valence-corrected chi connectivity index (χ2v) is 4.27. The van der Waals surface area contributed by atoms with Crippen molar-refractivity contribution in [1.82, 2.24) is 10.2 Å². The molecule has 2 aromatic rings. The highest BCUT2D eigenvalue weighted by molar-refractivity contribution is 6.44. The maximum Gasteiger partial charge on any atom is 0.273 e. The predicted octanol–water partition coefficient (Wildman–Crippen LogP) is 3.28. The van der Waals surface area contributed by atoms with E-state index in [1.807, 2.05) is 0 Å². The van der Waals surface area contributed by atoms with Crippen LogP contribution in [0.1, 0.15) is 16.1 Å². The maximum atomic E-state index is 11.9. The van der Waals surface area contributed by atoms with Crippen molar-refractivity contribution in [2.75, 3.05) is 5.32 Å². The van der Waals surface area contributed by atoms with Gasteiger partial charge in [-0.3, -0.25) is 9.89 Å². The van der Waals surface area contributed by atoms with Crippen molar-refractivity contribution in [3.8, 4) is 0 Å². The molecule has 0 saturated heterocycles. The average molecular weight is 270 g/mol. The van der Waals surface area contributed by atoms with Gasteiger partial charge in [-0.2, -0.15) is 5.10 Å². The lowest BCUT2D eigenvalue weighted by Gasteiger charge is -2.07. The molecule has 1 amide bonds. The first kappa shape index (κ1) is 12.0. The number of anilines is 1. The number of nitrogens with zero attached hydrogens (tertiary/aromatic N) is 1. The summed E-state index contributed by atoms with van der Waals surface area (Å²) in [6, 6.07) is 5.04. The zero-order chi connectivity index (χ0) is 12.4. The third kappa shape index (κ3) is 2.43. The molecule has 1 aromatic carbocycles. The highest BCUT2D eigenvalue weighted by atomic mass is 35.5. The van der Waals surface area contributed by atoms with Gasteiger partial charge in [-0.15, -0.1) is 0 Å². The number of aryl methyl sites for hydroxylation is 1. The van der Waals surface area contributed by atoms with E-state index in [2.05, 4.69) is 15.5 Å². The topological polar surface area (TPSA) is 57.8 Å². The van der Waals surface area contributed by atoms with Crippen molar-refractivity contribution in [2.24, 2.45) is 0 Å². The Kier molecular flexibility index (Phi) is 3.36. The first-order chi connectivity index (χ1) is 8.09. The summed E-state index contributed by atoms with van der Waals surface area (Å²) in [5.41, 5.74) is 1.64. The number of amides is 1. The van der Waals surface area contributed by atoms with E-state index in [0.717, 1.165) is 5.56 Å². The van der Waals surface area contributed by atoms with Gasteiger partial charge in [0.1, 0.15) is 5.69 Å². The third-order valence-electron chi connectivity index (χ3n) is 2.26. The van der Waals surface area contributed by atoms with E-state index in [-0.39, 0.29) is 5.91 Å². The standard InChI is InChI=1S/C11H9Cl2N3O/c1-6-5-14-16-10(6)11(17)15-8-4-2-3-7(12)9(8)13/h2-5H,1H3,(H,14,16)(H,15,17). The summed E-state index contributed by atoms with van der Waals surface area (Å²) in [5, 5.41) is 9.78. The van der Waals surface area contributed by atoms with E-state index in [1.165, 1.54) is 0 Å². The van der Waals surface area contributed by atoms with Crippen molar-refractivity contribution in [3.63, 3.8) is 0 Å². The van der Waals surface area contributed by atoms with Crippen LogP contribution in [0, 0.1) is 6.92 Å². The molecule has 0 aliphatic rings. The zero-order valence-electron chi connectivity index (χ0n) is 8.92. The highest BCUT2D eigenvalue weighted by Gasteiger charge is 2.13. The number of hydrogen-bond acceptors (Lipinski definition) is 2. The SMILES string of the molecule is Cc1cn[nH]c1C(=O)Nc1cccc(Cl)c1Cl. The molecule has 0 aliphatic heterocycles.